The molecule has 0 heterocycles. The van der Waals surface area contributed by atoms with Crippen molar-refractivity contribution in [1.82, 2.24) is 0 Å². The molecule has 0 saturated carbocycles. The van der Waals surface area contributed by atoms with E-state index in [1.165, 1.54) is 7.11 Å². The number of methoxy groups -OCH3 is 1. The van der Waals surface area contributed by atoms with Crippen LogP contribution in [0.2, 0.25) is 10.0 Å². The summed E-state index contributed by atoms with van der Waals surface area (Å²) < 4.78 is 10.7. The van der Waals surface area contributed by atoms with Gasteiger partial charge in [0.2, 0.25) is 0 Å². The normalized spacial score (nSPS) is 10.0. The topological polar surface area (TPSA) is 50.7 Å². The summed E-state index contributed by atoms with van der Waals surface area (Å²) >= 11 is 17.2. The molecule has 0 atom stereocenters. The number of hydrogen-bond acceptors (Lipinski definition) is 4. The Balaban J connectivity index is 2.14. The second-order valence-corrected chi connectivity index (χ2v) is 5.33. The van der Waals surface area contributed by atoms with Crippen LogP contribution in [0, 0.1) is 0 Å². The van der Waals surface area contributed by atoms with E-state index < -0.39 is 0 Å². The van der Waals surface area contributed by atoms with Crippen LogP contribution >= 0.6 is 35.4 Å². The lowest BCUT2D eigenvalue weighted by Gasteiger charge is -2.14. The van der Waals surface area contributed by atoms with E-state index in [1.807, 2.05) is 0 Å². The molecule has 4 nitrogen and oxygen atoms in total. The molecular weight excluding hydrogens is 344 g/mol. The van der Waals surface area contributed by atoms with E-state index in [0.29, 0.717) is 32.7 Å². The van der Waals surface area contributed by atoms with Gasteiger partial charge in [0, 0.05) is 11.1 Å². The van der Waals surface area contributed by atoms with Gasteiger partial charge < -0.3 is 19.8 Å². The van der Waals surface area contributed by atoms with Crippen molar-refractivity contribution in [2.75, 3.05) is 12.4 Å². The zero-order valence-electron chi connectivity index (χ0n) is 11.5. The first-order valence-electron chi connectivity index (χ1n) is 6.13. The molecule has 0 unspecified atom stereocenters. The van der Waals surface area contributed by atoms with Crippen molar-refractivity contribution in [2.24, 2.45) is 0 Å². The number of hydrogen-bond donors (Lipinski definition) is 2. The van der Waals surface area contributed by atoms with Gasteiger partial charge in [0.1, 0.15) is 0 Å². The molecular formula is C14H11BCl2NO3S. The molecule has 1 radical (unpaired) electrons. The lowest BCUT2D eigenvalue weighted by atomic mass is 9.88. The molecule has 2 aromatic carbocycles. The van der Waals surface area contributed by atoms with Gasteiger partial charge in [0.15, 0.2) is 11.5 Å². The van der Waals surface area contributed by atoms with E-state index in [2.05, 4.69) is 5.32 Å². The smallest absolute Gasteiger partial charge is 0.328 e. The molecule has 22 heavy (non-hydrogen) atoms. The highest BCUT2D eigenvalue weighted by Gasteiger charge is 2.11. The molecule has 0 fully saturated rings. The average Bonchev–Trinajstić information content (AvgIpc) is 2.51. The van der Waals surface area contributed by atoms with Crippen LogP contribution in [-0.2, 0) is 0 Å². The van der Waals surface area contributed by atoms with Crippen LogP contribution in [0.4, 0.5) is 5.69 Å². The lowest BCUT2D eigenvalue weighted by Crippen LogP contribution is -2.21. The van der Waals surface area contributed by atoms with E-state index in [1.54, 1.807) is 36.4 Å². The Morgan fingerprint density at radius 1 is 1.23 bits per heavy atom. The van der Waals surface area contributed by atoms with Crippen LogP contribution < -0.4 is 20.3 Å². The van der Waals surface area contributed by atoms with Crippen LogP contribution in [0.25, 0.3) is 0 Å². The number of thiocarbonyl (C=S) groups is 1. The molecule has 0 spiro atoms. The molecule has 0 aliphatic rings. The maximum absolute atomic E-state index is 9.08. The highest BCUT2D eigenvalue weighted by molar-refractivity contribution is 7.80. The third kappa shape index (κ3) is 4.05. The summed E-state index contributed by atoms with van der Waals surface area (Å²) in [5, 5.41) is 12.9. The zero-order valence-corrected chi connectivity index (χ0v) is 13.8. The molecule has 0 aliphatic heterocycles. The standard InChI is InChI=1S/C14H11BCl2NO3S/c1-20-12-7-8(16)5-6-11(12)21-14(22)18-10-4-2-3-9(15-19)13(10)17/h2-7,19H,1H3,(H,18,22). The number of halogens is 2. The largest absolute Gasteiger partial charge is 0.493 e. The van der Waals surface area contributed by atoms with E-state index in [4.69, 9.17) is 49.9 Å². The van der Waals surface area contributed by atoms with Crippen molar-refractivity contribution in [2.45, 2.75) is 0 Å². The fraction of sp³-hybridized carbons (Fsp3) is 0.0714. The van der Waals surface area contributed by atoms with Crippen molar-refractivity contribution in [3.63, 3.8) is 0 Å². The molecule has 2 N–H and O–H groups in total. The number of ether oxygens (including phenoxy) is 2. The lowest BCUT2D eigenvalue weighted by molar-refractivity contribution is 0.392. The predicted molar refractivity (Wildman–Crippen MR) is 93.9 cm³/mol. The predicted octanol–water partition coefficient (Wildman–Crippen LogP) is 3.01. The summed E-state index contributed by atoms with van der Waals surface area (Å²) in [5.74, 6) is 0.880. The number of benzene rings is 2. The van der Waals surface area contributed by atoms with Gasteiger partial charge in [-0.25, -0.2) is 0 Å². The Kier molecular flexibility index (Phi) is 5.91. The Hall–Kier alpha value is -1.47. The molecule has 0 aliphatic carbocycles. The second kappa shape index (κ2) is 7.69. The van der Waals surface area contributed by atoms with E-state index in [9.17, 15) is 0 Å². The van der Waals surface area contributed by atoms with Gasteiger partial charge in [-0.15, -0.1) is 0 Å². The second-order valence-electron chi connectivity index (χ2n) is 4.15. The zero-order chi connectivity index (χ0) is 16.1. The maximum Gasteiger partial charge on any atom is 0.328 e. The van der Waals surface area contributed by atoms with Crippen molar-refractivity contribution < 1.29 is 14.5 Å². The van der Waals surface area contributed by atoms with Gasteiger partial charge in [-0.1, -0.05) is 35.3 Å². The molecule has 0 aromatic heterocycles. The van der Waals surface area contributed by atoms with Crippen molar-refractivity contribution >= 4 is 59.2 Å². The third-order valence-electron chi connectivity index (χ3n) is 2.73. The fourth-order valence-electron chi connectivity index (χ4n) is 1.71. The Labute approximate surface area is 144 Å². The minimum Gasteiger partial charge on any atom is -0.493 e. The Morgan fingerprint density at radius 2 is 2.00 bits per heavy atom. The Bertz CT molecular complexity index is 700. The number of nitrogens with one attached hydrogen (secondary N) is 1. The van der Waals surface area contributed by atoms with Gasteiger partial charge in [-0.05, 0) is 35.9 Å². The highest BCUT2D eigenvalue weighted by Crippen LogP contribution is 2.30. The van der Waals surface area contributed by atoms with Crippen LogP contribution in [0.1, 0.15) is 0 Å². The molecule has 0 saturated heterocycles. The number of anilines is 1. The molecule has 0 bridgehead atoms. The van der Waals surface area contributed by atoms with Crippen LogP contribution in [0.15, 0.2) is 36.4 Å². The maximum atomic E-state index is 9.08. The molecule has 113 valence electrons. The van der Waals surface area contributed by atoms with Gasteiger partial charge in [0.05, 0.1) is 17.8 Å². The summed E-state index contributed by atoms with van der Waals surface area (Å²) in [6.07, 6.45) is 0. The first-order chi connectivity index (χ1) is 10.5. The molecule has 2 aromatic rings. The monoisotopic (exact) mass is 354 g/mol. The first kappa shape index (κ1) is 16.9. The SMILES string of the molecule is COc1cc(Cl)ccc1OC(=S)Nc1cccc([B]O)c1Cl. The van der Waals surface area contributed by atoms with E-state index >= 15 is 0 Å². The van der Waals surface area contributed by atoms with Crippen molar-refractivity contribution in [1.29, 1.82) is 0 Å². The summed E-state index contributed by atoms with van der Waals surface area (Å²) in [7, 11) is 2.42. The van der Waals surface area contributed by atoms with Crippen LogP contribution in [0.5, 0.6) is 11.5 Å². The van der Waals surface area contributed by atoms with Crippen LogP contribution in [0.3, 0.4) is 0 Å². The van der Waals surface area contributed by atoms with E-state index in [0.717, 1.165) is 7.48 Å². The third-order valence-corrected chi connectivity index (χ3v) is 3.58. The molecule has 8 heteroatoms. The van der Waals surface area contributed by atoms with Gasteiger partial charge >= 0.3 is 7.48 Å². The van der Waals surface area contributed by atoms with Gasteiger partial charge in [-0.3, -0.25) is 0 Å². The Morgan fingerprint density at radius 3 is 2.68 bits per heavy atom. The minimum absolute atomic E-state index is 0.0811. The number of rotatable bonds is 4. The summed E-state index contributed by atoms with van der Waals surface area (Å²) in [4.78, 5) is 0. The van der Waals surface area contributed by atoms with Crippen molar-refractivity contribution in [3.05, 3.63) is 46.4 Å². The van der Waals surface area contributed by atoms with E-state index in [-0.39, 0.29) is 5.17 Å². The van der Waals surface area contributed by atoms with Gasteiger partial charge in [-0.2, -0.15) is 0 Å². The molecule has 2 rings (SSSR count). The van der Waals surface area contributed by atoms with Crippen LogP contribution in [-0.4, -0.2) is 24.8 Å². The quantitative estimate of drug-likeness (QED) is 0.653. The fourth-order valence-corrected chi connectivity index (χ4v) is 2.29. The summed E-state index contributed by atoms with van der Waals surface area (Å²) in [6, 6.07) is 10.0. The summed E-state index contributed by atoms with van der Waals surface area (Å²) in [5.41, 5.74) is 0.987. The highest BCUT2D eigenvalue weighted by atomic mass is 35.5. The molecule has 0 amide bonds. The summed E-state index contributed by atoms with van der Waals surface area (Å²) in [6.45, 7) is 0. The van der Waals surface area contributed by atoms with Crippen molar-refractivity contribution in [3.8, 4) is 11.5 Å². The first-order valence-corrected chi connectivity index (χ1v) is 7.30. The van der Waals surface area contributed by atoms with Gasteiger partial charge in [0.25, 0.3) is 5.17 Å². The average molecular weight is 355 g/mol. The minimum atomic E-state index is 0.0811.